The van der Waals surface area contributed by atoms with Gasteiger partial charge in [0.2, 0.25) is 5.95 Å². The molecule has 0 saturated carbocycles. The highest BCUT2D eigenvalue weighted by molar-refractivity contribution is 5.63. The van der Waals surface area contributed by atoms with Crippen molar-refractivity contribution < 1.29 is 9.13 Å². The molecule has 1 heterocycles. The summed E-state index contributed by atoms with van der Waals surface area (Å²) in [6.07, 6.45) is 1.70. The summed E-state index contributed by atoms with van der Waals surface area (Å²) in [7, 11) is 3.36. The van der Waals surface area contributed by atoms with E-state index in [1.54, 1.807) is 18.2 Å². The van der Waals surface area contributed by atoms with Crippen LogP contribution in [0, 0.1) is 17.1 Å². The lowest BCUT2D eigenvalue weighted by Crippen LogP contribution is -2.22. The van der Waals surface area contributed by atoms with Gasteiger partial charge in [0, 0.05) is 29.8 Å². The van der Waals surface area contributed by atoms with Gasteiger partial charge in [-0.1, -0.05) is 12.1 Å². The molecule has 0 spiro atoms. The molecule has 1 atom stereocenters. The lowest BCUT2D eigenvalue weighted by Gasteiger charge is -2.25. The van der Waals surface area contributed by atoms with Crippen molar-refractivity contribution in [2.75, 3.05) is 24.8 Å². The standard InChI is InChI=1S/C23H22FN5O/c1-23(15-5-7-16(24)8-6-15)11-10-18-20(23)28-22(29-21(18)26-2)27-17-9-4-14(13-25)19(12-17)30-3/h4-9,12H,10-11H2,1-3H3,(H2,26,27,28,29)/t23-/m1/s1. The van der Waals surface area contributed by atoms with E-state index >= 15 is 0 Å². The van der Waals surface area contributed by atoms with Crippen molar-refractivity contribution in [3.63, 3.8) is 0 Å². The van der Waals surface area contributed by atoms with Crippen LogP contribution in [0.25, 0.3) is 0 Å². The first-order valence-corrected chi connectivity index (χ1v) is 9.69. The van der Waals surface area contributed by atoms with Crippen LogP contribution in [0.2, 0.25) is 0 Å². The molecule has 0 saturated heterocycles. The molecule has 1 aliphatic rings. The van der Waals surface area contributed by atoms with Crippen molar-refractivity contribution in [2.45, 2.75) is 25.2 Å². The minimum atomic E-state index is -0.337. The number of nitrogens with one attached hydrogen (secondary N) is 2. The highest BCUT2D eigenvalue weighted by Gasteiger charge is 2.39. The predicted octanol–water partition coefficient (Wildman–Crippen LogP) is 4.53. The number of hydrogen-bond donors (Lipinski definition) is 2. The second-order valence-electron chi connectivity index (χ2n) is 7.46. The second kappa shape index (κ2) is 7.64. The van der Waals surface area contributed by atoms with E-state index in [0.717, 1.165) is 35.5 Å². The lowest BCUT2D eigenvalue weighted by molar-refractivity contribution is 0.413. The van der Waals surface area contributed by atoms with E-state index in [2.05, 4.69) is 28.6 Å². The maximum atomic E-state index is 13.5. The second-order valence-corrected chi connectivity index (χ2v) is 7.46. The molecule has 30 heavy (non-hydrogen) atoms. The summed E-state index contributed by atoms with van der Waals surface area (Å²) in [5.74, 6) is 1.44. The summed E-state index contributed by atoms with van der Waals surface area (Å²) in [6.45, 7) is 2.13. The Bertz CT molecular complexity index is 1140. The third-order valence-electron chi connectivity index (χ3n) is 5.70. The summed E-state index contributed by atoms with van der Waals surface area (Å²) >= 11 is 0. The van der Waals surface area contributed by atoms with Crippen LogP contribution < -0.4 is 15.4 Å². The molecule has 7 heteroatoms. The van der Waals surface area contributed by atoms with E-state index in [1.807, 2.05) is 19.2 Å². The highest BCUT2D eigenvalue weighted by Crippen LogP contribution is 2.45. The molecule has 0 radical (unpaired) electrons. The molecule has 3 aromatic rings. The first kappa shape index (κ1) is 19.6. The van der Waals surface area contributed by atoms with E-state index in [0.29, 0.717) is 22.9 Å². The minimum absolute atomic E-state index is 0.253. The Morgan fingerprint density at radius 3 is 2.60 bits per heavy atom. The molecule has 1 aliphatic carbocycles. The summed E-state index contributed by atoms with van der Waals surface area (Å²) in [4.78, 5) is 9.48. The Labute approximate surface area is 174 Å². The quantitative estimate of drug-likeness (QED) is 0.651. The van der Waals surface area contributed by atoms with Crippen LogP contribution in [0.3, 0.4) is 0 Å². The van der Waals surface area contributed by atoms with Crippen LogP contribution in [0.4, 0.5) is 21.8 Å². The zero-order valence-electron chi connectivity index (χ0n) is 17.1. The van der Waals surface area contributed by atoms with Gasteiger partial charge in [-0.3, -0.25) is 0 Å². The van der Waals surface area contributed by atoms with Gasteiger partial charge in [0.15, 0.2) is 0 Å². The zero-order chi connectivity index (χ0) is 21.3. The Kier molecular flexibility index (Phi) is 5.00. The fourth-order valence-electron chi connectivity index (χ4n) is 4.02. The lowest BCUT2D eigenvalue weighted by atomic mass is 9.80. The first-order valence-electron chi connectivity index (χ1n) is 9.69. The van der Waals surface area contributed by atoms with E-state index < -0.39 is 0 Å². The summed E-state index contributed by atoms with van der Waals surface area (Å²) in [5, 5.41) is 15.6. The summed E-state index contributed by atoms with van der Waals surface area (Å²) in [5.41, 5.74) is 3.86. The number of hydrogen-bond acceptors (Lipinski definition) is 6. The van der Waals surface area contributed by atoms with Gasteiger partial charge >= 0.3 is 0 Å². The van der Waals surface area contributed by atoms with Crippen molar-refractivity contribution >= 4 is 17.5 Å². The average molecular weight is 403 g/mol. The maximum Gasteiger partial charge on any atom is 0.229 e. The monoisotopic (exact) mass is 403 g/mol. The number of ether oxygens (including phenoxy) is 1. The van der Waals surface area contributed by atoms with Crippen LogP contribution in [0.1, 0.15) is 35.7 Å². The predicted molar refractivity (Wildman–Crippen MR) is 114 cm³/mol. The first-order chi connectivity index (χ1) is 14.5. The zero-order valence-corrected chi connectivity index (χ0v) is 17.1. The van der Waals surface area contributed by atoms with E-state index in [9.17, 15) is 9.65 Å². The third-order valence-corrected chi connectivity index (χ3v) is 5.70. The fraction of sp³-hybridized carbons (Fsp3) is 0.261. The fourth-order valence-corrected chi connectivity index (χ4v) is 4.02. The molecule has 0 amide bonds. The SMILES string of the molecule is CNc1nc(Nc2ccc(C#N)c(OC)c2)nc2c1CC[C@]2(C)c1ccc(F)cc1. The molecule has 1 aromatic heterocycles. The number of fused-ring (bicyclic) bond motifs is 1. The van der Waals surface area contributed by atoms with Gasteiger partial charge in [0.25, 0.3) is 0 Å². The Balaban J connectivity index is 1.76. The van der Waals surface area contributed by atoms with Crippen LogP contribution >= 0.6 is 0 Å². The Morgan fingerprint density at radius 1 is 1.17 bits per heavy atom. The largest absolute Gasteiger partial charge is 0.495 e. The van der Waals surface area contributed by atoms with E-state index in [-0.39, 0.29) is 11.2 Å². The molecule has 0 unspecified atom stereocenters. The van der Waals surface area contributed by atoms with Crippen LogP contribution in [-0.2, 0) is 11.8 Å². The molecular formula is C23H22FN5O. The van der Waals surface area contributed by atoms with Crippen LogP contribution in [0.5, 0.6) is 5.75 Å². The Hall–Kier alpha value is -3.66. The van der Waals surface area contributed by atoms with E-state index in [4.69, 9.17) is 9.72 Å². The summed E-state index contributed by atoms with van der Waals surface area (Å²) in [6, 6.07) is 13.9. The molecule has 6 nitrogen and oxygen atoms in total. The third kappa shape index (κ3) is 3.30. The van der Waals surface area contributed by atoms with Gasteiger partial charge in [-0.05, 0) is 49.6 Å². The normalized spacial score (nSPS) is 17.2. The molecule has 152 valence electrons. The van der Waals surface area contributed by atoms with Crippen molar-refractivity contribution in [1.29, 1.82) is 5.26 Å². The summed E-state index contributed by atoms with van der Waals surface area (Å²) < 4.78 is 18.7. The molecule has 2 aromatic carbocycles. The van der Waals surface area contributed by atoms with E-state index in [1.165, 1.54) is 19.2 Å². The molecule has 0 bridgehead atoms. The van der Waals surface area contributed by atoms with Gasteiger partial charge in [-0.15, -0.1) is 0 Å². The van der Waals surface area contributed by atoms with Gasteiger partial charge in [-0.25, -0.2) is 9.37 Å². The van der Waals surface area contributed by atoms with Crippen LogP contribution in [0.15, 0.2) is 42.5 Å². The average Bonchev–Trinajstić information content (AvgIpc) is 3.11. The number of aromatic nitrogens is 2. The number of nitriles is 1. The number of halogens is 1. The molecule has 4 rings (SSSR count). The molecule has 0 aliphatic heterocycles. The van der Waals surface area contributed by atoms with Crippen molar-refractivity contribution in [2.24, 2.45) is 0 Å². The van der Waals surface area contributed by atoms with Crippen molar-refractivity contribution in [1.82, 2.24) is 9.97 Å². The number of benzene rings is 2. The van der Waals surface area contributed by atoms with Gasteiger partial charge in [-0.2, -0.15) is 10.2 Å². The molecule has 0 fully saturated rings. The number of anilines is 3. The van der Waals surface area contributed by atoms with Gasteiger partial charge < -0.3 is 15.4 Å². The molecular weight excluding hydrogens is 381 g/mol. The minimum Gasteiger partial charge on any atom is -0.495 e. The number of nitrogens with zero attached hydrogens (tertiary/aromatic N) is 3. The smallest absolute Gasteiger partial charge is 0.229 e. The molecule has 2 N–H and O–H groups in total. The van der Waals surface area contributed by atoms with Crippen LogP contribution in [-0.4, -0.2) is 24.1 Å². The number of rotatable bonds is 5. The maximum absolute atomic E-state index is 13.5. The van der Waals surface area contributed by atoms with Gasteiger partial charge in [0.05, 0.1) is 18.4 Å². The van der Waals surface area contributed by atoms with Gasteiger partial charge in [0.1, 0.15) is 23.5 Å². The topological polar surface area (TPSA) is 82.9 Å². The highest BCUT2D eigenvalue weighted by atomic mass is 19.1. The van der Waals surface area contributed by atoms with Crippen molar-refractivity contribution in [3.05, 3.63) is 70.7 Å². The van der Waals surface area contributed by atoms with Crippen molar-refractivity contribution in [3.8, 4) is 11.8 Å². The number of methoxy groups -OCH3 is 1. The Morgan fingerprint density at radius 2 is 1.93 bits per heavy atom.